The van der Waals surface area contributed by atoms with Crippen LogP contribution in [0.5, 0.6) is 0 Å². The van der Waals surface area contributed by atoms with Crippen LogP contribution < -0.4 is 5.32 Å². The van der Waals surface area contributed by atoms with Gasteiger partial charge in [-0.3, -0.25) is 9.48 Å². The maximum Gasteiger partial charge on any atom is 0.220 e. The topological polar surface area (TPSA) is 46.9 Å². The fraction of sp³-hybridized carbons (Fsp3) is 0.412. The third-order valence-corrected chi connectivity index (χ3v) is 3.59. The normalized spacial score (nSPS) is 12.1. The van der Waals surface area contributed by atoms with Crippen molar-refractivity contribution in [2.75, 3.05) is 0 Å². The molecule has 4 heteroatoms. The molecule has 0 fully saturated rings. The first-order valence-electron chi connectivity index (χ1n) is 7.36. The second-order valence-corrected chi connectivity index (χ2v) is 5.62. The average molecular weight is 285 g/mol. The molecule has 21 heavy (non-hydrogen) atoms. The molecule has 0 aliphatic heterocycles. The molecule has 4 nitrogen and oxygen atoms in total. The van der Waals surface area contributed by atoms with Gasteiger partial charge in [-0.15, -0.1) is 0 Å². The van der Waals surface area contributed by atoms with Gasteiger partial charge in [-0.25, -0.2) is 0 Å². The van der Waals surface area contributed by atoms with Crippen LogP contribution in [0.2, 0.25) is 0 Å². The lowest BCUT2D eigenvalue weighted by Crippen LogP contribution is -2.34. The molecule has 1 heterocycles. The largest absolute Gasteiger partial charge is 0.353 e. The van der Waals surface area contributed by atoms with Crippen molar-refractivity contribution in [2.24, 2.45) is 7.05 Å². The smallest absolute Gasteiger partial charge is 0.220 e. The van der Waals surface area contributed by atoms with Gasteiger partial charge in [-0.05, 0) is 43.4 Å². The van der Waals surface area contributed by atoms with Gasteiger partial charge in [-0.1, -0.05) is 24.3 Å². The molecule has 0 radical (unpaired) electrons. The van der Waals surface area contributed by atoms with E-state index in [9.17, 15) is 4.79 Å². The maximum absolute atomic E-state index is 12.0. The highest BCUT2D eigenvalue weighted by Gasteiger charge is 2.10. The molecule has 0 aliphatic rings. The fourth-order valence-corrected chi connectivity index (χ4v) is 2.43. The Morgan fingerprint density at radius 1 is 1.38 bits per heavy atom. The van der Waals surface area contributed by atoms with Crippen LogP contribution in [0.25, 0.3) is 0 Å². The highest BCUT2D eigenvalue weighted by molar-refractivity contribution is 5.76. The van der Waals surface area contributed by atoms with Crippen LogP contribution in [0, 0.1) is 6.92 Å². The number of hydrogen-bond donors (Lipinski definition) is 1. The Balaban J connectivity index is 1.78. The number of nitrogens with one attached hydrogen (secondary N) is 1. The van der Waals surface area contributed by atoms with E-state index in [1.165, 1.54) is 11.1 Å². The van der Waals surface area contributed by atoms with Gasteiger partial charge >= 0.3 is 0 Å². The quantitative estimate of drug-likeness (QED) is 0.886. The molecule has 0 spiro atoms. The van der Waals surface area contributed by atoms with E-state index in [4.69, 9.17) is 0 Å². The van der Waals surface area contributed by atoms with E-state index in [0.717, 1.165) is 18.4 Å². The number of carbonyl (C=O) groups is 1. The van der Waals surface area contributed by atoms with E-state index in [1.54, 1.807) is 4.68 Å². The fourth-order valence-electron chi connectivity index (χ4n) is 2.43. The molecule has 2 rings (SSSR count). The van der Waals surface area contributed by atoms with Crippen LogP contribution in [0.3, 0.4) is 0 Å². The molecule has 0 bridgehead atoms. The lowest BCUT2D eigenvalue weighted by Gasteiger charge is -2.15. The predicted molar refractivity (Wildman–Crippen MR) is 84.0 cm³/mol. The first-order chi connectivity index (χ1) is 10.0. The van der Waals surface area contributed by atoms with Gasteiger partial charge in [0.1, 0.15) is 0 Å². The summed E-state index contributed by atoms with van der Waals surface area (Å²) in [6.07, 6.45) is 5.86. The molecule has 1 N–H and O–H groups in total. The number of aryl methyl sites for hydroxylation is 3. The van der Waals surface area contributed by atoms with Crippen molar-refractivity contribution in [3.05, 3.63) is 53.3 Å². The summed E-state index contributed by atoms with van der Waals surface area (Å²) in [7, 11) is 1.88. The monoisotopic (exact) mass is 285 g/mol. The lowest BCUT2D eigenvalue weighted by molar-refractivity contribution is -0.121. The Kier molecular flexibility index (Phi) is 5.14. The SMILES string of the molecule is Cc1ccccc1C[C@@H](C)NC(=O)CCc1cnn(C)c1. The maximum atomic E-state index is 12.0. The minimum Gasteiger partial charge on any atom is -0.353 e. The van der Waals surface area contributed by atoms with E-state index in [2.05, 4.69) is 36.4 Å². The van der Waals surface area contributed by atoms with E-state index >= 15 is 0 Å². The van der Waals surface area contributed by atoms with Crippen molar-refractivity contribution in [3.63, 3.8) is 0 Å². The standard InChI is InChI=1S/C17H23N3O/c1-13-6-4-5-7-16(13)10-14(2)19-17(21)9-8-15-11-18-20(3)12-15/h4-7,11-12,14H,8-10H2,1-3H3,(H,19,21)/t14-/m1/s1. The second kappa shape index (κ2) is 7.07. The molecule has 1 amide bonds. The van der Waals surface area contributed by atoms with Crippen LogP contribution >= 0.6 is 0 Å². The van der Waals surface area contributed by atoms with Gasteiger partial charge in [0.2, 0.25) is 5.91 Å². The van der Waals surface area contributed by atoms with Gasteiger partial charge in [0, 0.05) is 25.7 Å². The highest BCUT2D eigenvalue weighted by Crippen LogP contribution is 2.10. The number of amides is 1. The van der Waals surface area contributed by atoms with E-state index in [-0.39, 0.29) is 11.9 Å². The first-order valence-corrected chi connectivity index (χ1v) is 7.36. The molecule has 0 saturated carbocycles. The van der Waals surface area contributed by atoms with Crippen molar-refractivity contribution in [3.8, 4) is 0 Å². The van der Waals surface area contributed by atoms with Crippen LogP contribution in [-0.2, 0) is 24.7 Å². The molecule has 0 aliphatic carbocycles. The summed E-state index contributed by atoms with van der Waals surface area (Å²) in [5.74, 6) is 0.0972. The number of nitrogens with zero attached hydrogens (tertiary/aromatic N) is 2. The highest BCUT2D eigenvalue weighted by atomic mass is 16.1. The zero-order valence-corrected chi connectivity index (χ0v) is 13.0. The van der Waals surface area contributed by atoms with Gasteiger partial charge in [-0.2, -0.15) is 5.10 Å². The molecule has 1 atom stereocenters. The van der Waals surface area contributed by atoms with E-state index < -0.39 is 0 Å². The van der Waals surface area contributed by atoms with Crippen molar-refractivity contribution in [2.45, 2.75) is 39.2 Å². The molecule has 0 unspecified atom stereocenters. The zero-order chi connectivity index (χ0) is 15.2. The summed E-state index contributed by atoms with van der Waals surface area (Å²) >= 11 is 0. The Hall–Kier alpha value is -2.10. The molecule has 1 aromatic carbocycles. The number of rotatable bonds is 6. The Labute approximate surface area is 126 Å². The van der Waals surface area contributed by atoms with Gasteiger partial charge in [0.15, 0.2) is 0 Å². The lowest BCUT2D eigenvalue weighted by atomic mass is 10.0. The van der Waals surface area contributed by atoms with Crippen LogP contribution in [0.1, 0.15) is 30.0 Å². The van der Waals surface area contributed by atoms with Crippen molar-refractivity contribution >= 4 is 5.91 Å². The summed E-state index contributed by atoms with van der Waals surface area (Å²) in [6.45, 7) is 4.15. The van der Waals surface area contributed by atoms with Crippen molar-refractivity contribution < 1.29 is 4.79 Å². The van der Waals surface area contributed by atoms with Crippen molar-refractivity contribution in [1.82, 2.24) is 15.1 Å². The Bertz CT molecular complexity index is 604. The number of carbonyl (C=O) groups excluding carboxylic acids is 1. The van der Waals surface area contributed by atoms with Gasteiger partial charge in [0.25, 0.3) is 0 Å². The second-order valence-electron chi connectivity index (χ2n) is 5.62. The zero-order valence-electron chi connectivity index (χ0n) is 13.0. The molecule has 112 valence electrons. The summed E-state index contributed by atoms with van der Waals surface area (Å²) in [5, 5.41) is 7.17. The van der Waals surface area contributed by atoms with Crippen LogP contribution in [0.4, 0.5) is 0 Å². The van der Waals surface area contributed by atoms with Crippen LogP contribution in [-0.4, -0.2) is 21.7 Å². The minimum atomic E-state index is 0.0972. The van der Waals surface area contributed by atoms with Gasteiger partial charge in [0.05, 0.1) is 6.20 Å². The Morgan fingerprint density at radius 2 is 2.14 bits per heavy atom. The summed E-state index contributed by atoms with van der Waals surface area (Å²) in [4.78, 5) is 12.0. The van der Waals surface area contributed by atoms with Crippen LogP contribution in [0.15, 0.2) is 36.7 Å². The Morgan fingerprint density at radius 3 is 2.81 bits per heavy atom. The minimum absolute atomic E-state index is 0.0972. The summed E-state index contributed by atoms with van der Waals surface area (Å²) < 4.78 is 1.76. The molecular formula is C17H23N3O. The molecular weight excluding hydrogens is 262 g/mol. The summed E-state index contributed by atoms with van der Waals surface area (Å²) in [5.41, 5.74) is 3.66. The van der Waals surface area contributed by atoms with E-state index in [0.29, 0.717) is 6.42 Å². The van der Waals surface area contributed by atoms with E-state index in [1.807, 2.05) is 31.6 Å². The molecule has 0 saturated heterocycles. The number of benzene rings is 1. The number of hydrogen-bond acceptors (Lipinski definition) is 2. The van der Waals surface area contributed by atoms with Gasteiger partial charge < -0.3 is 5.32 Å². The van der Waals surface area contributed by atoms with Crippen molar-refractivity contribution in [1.29, 1.82) is 0 Å². The third kappa shape index (κ3) is 4.74. The first kappa shape index (κ1) is 15.3. The third-order valence-electron chi connectivity index (χ3n) is 3.59. The average Bonchev–Trinajstić information content (AvgIpc) is 2.85. The predicted octanol–water partition coefficient (Wildman–Crippen LogP) is 2.41. The summed E-state index contributed by atoms with van der Waals surface area (Å²) in [6, 6.07) is 8.45. The number of aromatic nitrogens is 2. The molecule has 2 aromatic rings. The molecule has 1 aromatic heterocycles.